The van der Waals surface area contributed by atoms with Crippen molar-refractivity contribution in [3.05, 3.63) is 23.8 Å². The van der Waals surface area contributed by atoms with E-state index in [0.29, 0.717) is 31.0 Å². The van der Waals surface area contributed by atoms with Gasteiger partial charge in [-0.1, -0.05) is 6.07 Å². The molecule has 8 heteroatoms. The van der Waals surface area contributed by atoms with Gasteiger partial charge in [0.05, 0.1) is 20.0 Å². The van der Waals surface area contributed by atoms with Gasteiger partial charge in [0.1, 0.15) is 0 Å². The van der Waals surface area contributed by atoms with E-state index in [1.807, 2.05) is 18.2 Å². The third kappa shape index (κ3) is 4.84. The number of likely N-dealkylation sites (tertiary alicyclic amines) is 1. The quantitative estimate of drug-likeness (QED) is 0.772. The maximum atomic E-state index is 12.0. The summed E-state index contributed by atoms with van der Waals surface area (Å²) in [5.74, 6) is 0.902. The first-order valence-electron chi connectivity index (χ1n) is 7.31. The molecule has 23 heavy (non-hydrogen) atoms. The van der Waals surface area contributed by atoms with Crippen LogP contribution in [0.4, 0.5) is 0 Å². The van der Waals surface area contributed by atoms with Gasteiger partial charge >= 0.3 is 0 Å². The number of primary sulfonamides is 1. The topological polar surface area (TPSA) is 98.9 Å². The van der Waals surface area contributed by atoms with Crippen LogP contribution in [0.25, 0.3) is 0 Å². The Bertz CT molecular complexity index is 674. The second-order valence-corrected chi connectivity index (χ2v) is 7.34. The van der Waals surface area contributed by atoms with Gasteiger partial charge in [0.25, 0.3) is 0 Å². The molecule has 1 atom stereocenters. The predicted molar refractivity (Wildman–Crippen MR) is 85.9 cm³/mol. The monoisotopic (exact) mass is 342 g/mol. The van der Waals surface area contributed by atoms with Crippen LogP contribution in [-0.4, -0.2) is 52.3 Å². The Morgan fingerprint density at radius 1 is 1.26 bits per heavy atom. The second kappa shape index (κ2) is 7.18. The minimum absolute atomic E-state index is 0.0286. The molecule has 1 amide bonds. The number of carbonyl (C=O) groups excluding carboxylic acids is 1. The molecule has 1 aromatic carbocycles. The summed E-state index contributed by atoms with van der Waals surface area (Å²) in [4.78, 5) is 13.6. The summed E-state index contributed by atoms with van der Waals surface area (Å²) in [7, 11) is -0.399. The molecule has 0 saturated carbocycles. The van der Waals surface area contributed by atoms with Crippen LogP contribution < -0.4 is 14.6 Å². The number of ether oxygens (including phenoxy) is 2. The van der Waals surface area contributed by atoms with Gasteiger partial charge in [0, 0.05) is 25.4 Å². The van der Waals surface area contributed by atoms with Crippen LogP contribution in [-0.2, 0) is 21.2 Å². The Morgan fingerprint density at radius 2 is 1.96 bits per heavy atom. The number of hydrogen-bond acceptors (Lipinski definition) is 5. The van der Waals surface area contributed by atoms with E-state index >= 15 is 0 Å². The van der Waals surface area contributed by atoms with Crippen molar-refractivity contribution >= 4 is 15.9 Å². The lowest BCUT2D eigenvalue weighted by atomic mass is 10.1. The molecule has 1 aliphatic rings. The summed E-state index contributed by atoms with van der Waals surface area (Å²) in [6, 6.07) is 5.62. The molecule has 0 aromatic heterocycles. The lowest BCUT2D eigenvalue weighted by Crippen LogP contribution is -2.29. The number of nitrogens with two attached hydrogens (primary N) is 1. The van der Waals surface area contributed by atoms with Crippen molar-refractivity contribution < 1.29 is 22.7 Å². The molecule has 2 N–H and O–H groups in total. The number of nitrogens with zero attached hydrogens (tertiary/aromatic N) is 1. The number of carbonyl (C=O) groups is 1. The minimum atomic E-state index is -3.55. The van der Waals surface area contributed by atoms with E-state index in [4.69, 9.17) is 14.6 Å². The van der Waals surface area contributed by atoms with E-state index in [2.05, 4.69) is 0 Å². The zero-order chi connectivity index (χ0) is 17.0. The highest BCUT2D eigenvalue weighted by molar-refractivity contribution is 7.89. The summed E-state index contributed by atoms with van der Waals surface area (Å²) < 4.78 is 32.7. The fourth-order valence-electron chi connectivity index (χ4n) is 2.81. The average molecular weight is 342 g/mol. The number of amides is 1. The van der Waals surface area contributed by atoms with Gasteiger partial charge in [-0.25, -0.2) is 13.6 Å². The summed E-state index contributed by atoms with van der Waals surface area (Å²) >= 11 is 0. The number of methoxy groups -OCH3 is 2. The van der Waals surface area contributed by atoms with Crippen LogP contribution >= 0.6 is 0 Å². The standard InChI is InChI=1S/C15H22N2O5S/c1-21-13-4-3-11(7-14(13)22-2)5-6-17-9-12(8-15(17)18)10-23(16,19)20/h3-4,7,12H,5-6,8-10H2,1-2H3,(H2,16,19,20). The molecule has 1 unspecified atom stereocenters. The number of benzene rings is 1. The predicted octanol–water partition coefficient (Wildman–Crippen LogP) is 0.383. The molecule has 0 aliphatic carbocycles. The van der Waals surface area contributed by atoms with Gasteiger partial charge < -0.3 is 14.4 Å². The lowest BCUT2D eigenvalue weighted by molar-refractivity contribution is -0.127. The highest BCUT2D eigenvalue weighted by atomic mass is 32.2. The van der Waals surface area contributed by atoms with Gasteiger partial charge in [0.15, 0.2) is 11.5 Å². The molecule has 1 saturated heterocycles. The van der Waals surface area contributed by atoms with Gasteiger partial charge in [0.2, 0.25) is 15.9 Å². The van der Waals surface area contributed by atoms with Crippen LogP contribution in [0.15, 0.2) is 18.2 Å². The molecule has 1 aromatic rings. The van der Waals surface area contributed by atoms with Crippen molar-refractivity contribution in [2.45, 2.75) is 12.8 Å². The molecule has 128 valence electrons. The third-order valence-corrected chi connectivity index (χ3v) is 4.82. The summed E-state index contributed by atoms with van der Waals surface area (Å²) in [5, 5.41) is 5.05. The summed E-state index contributed by atoms with van der Waals surface area (Å²) in [6.07, 6.45) is 0.899. The SMILES string of the molecule is COc1ccc(CCN2CC(CS(N)(=O)=O)CC2=O)cc1OC. The first-order chi connectivity index (χ1) is 10.8. The van der Waals surface area contributed by atoms with E-state index < -0.39 is 10.0 Å². The zero-order valence-corrected chi connectivity index (χ0v) is 14.1. The van der Waals surface area contributed by atoms with Gasteiger partial charge in [-0.05, 0) is 24.1 Å². The zero-order valence-electron chi connectivity index (χ0n) is 13.3. The Labute approximate surface area is 136 Å². The Hall–Kier alpha value is -1.80. The maximum Gasteiger partial charge on any atom is 0.222 e. The highest BCUT2D eigenvalue weighted by Gasteiger charge is 2.31. The fraction of sp³-hybridized carbons (Fsp3) is 0.533. The molecule has 0 radical (unpaired) electrons. The van der Waals surface area contributed by atoms with Gasteiger partial charge in [-0.3, -0.25) is 4.79 Å². The first-order valence-corrected chi connectivity index (χ1v) is 9.03. The largest absolute Gasteiger partial charge is 0.493 e. The van der Waals surface area contributed by atoms with Crippen LogP contribution in [0.1, 0.15) is 12.0 Å². The van der Waals surface area contributed by atoms with Crippen molar-refractivity contribution in [2.24, 2.45) is 11.1 Å². The smallest absolute Gasteiger partial charge is 0.222 e. The summed E-state index contributed by atoms with van der Waals surface area (Å²) in [5.41, 5.74) is 1.02. The second-order valence-electron chi connectivity index (χ2n) is 5.68. The minimum Gasteiger partial charge on any atom is -0.493 e. The van der Waals surface area contributed by atoms with E-state index in [0.717, 1.165) is 5.56 Å². The van der Waals surface area contributed by atoms with Crippen LogP contribution in [0, 0.1) is 5.92 Å². The van der Waals surface area contributed by atoms with Crippen molar-refractivity contribution in [3.63, 3.8) is 0 Å². The normalized spacial score (nSPS) is 18.3. The number of sulfonamides is 1. The highest BCUT2D eigenvalue weighted by Crippen LogP contribution is 2.28. The van der Waals surface area contributed by atoms with E-state index in [1.54, 1.807) is 19.1 Å². The van der Waals surface area contributed by atoms with E-state index in [-0.39, 0.29) is 24.0 Å². The van der Waals surface area contributed by atoms with Gasteiger partial charge in [-0.2, -0.15) is 0 Å². The lowest BCUT2D eigenvalue weighted by Gasteiger charge is -2.17. The third-order valence-electron chi connectivity index (χ3n) is 3.88. The van der Waals surface area contributed by atoms with Gasteiger partial charge in [-0.15, -0.1) is 0 Å². The van der Waals surface area contributed by atoms with Crippen LogP contribution in [0.5, 0.6) is 11.5 Å². The molecule has 0 spiro atoms. The van der Waals surface area contributed by atoms with Crippen LogP contribution in [0.2, 0.25) is 0 Å². The fourth-order valence-corrected chi connectivity index (χ4v) is 3.69. The van der Waals surface area contributed by atoms with Crippen molar-refractivity contribution in [1.82, 2.24) is 4.90 Å². The molecule has 2 rings (SSSR count). The Kier molecular flexibility index (Phi) is 5.48. The first kappa shape index (κ1) is 17.6. The molecule has 0 bridgehead atoms. The van der Waals surface area contributed by atoms with E-state index in [9.17, 15) is 13.2 Å². The number of rotatable bonds is 7. The molecule has 1 fully saturated rings. The maximum absolute atomic E-state index is 12.0. The molecule has 1 aliphatic heterocycles. The Balaban J connectivity index is 1.95. The molecular formula is C15H22N2O5S. The van der Waals surface area contributed by atoms with E-state index in [1.165, 1.54) is 0 Å². The summed E-state index contributed by atoms with van der Waals surface area (Å²) in [6.45, 7) is 0.970. The van der Waals surface area contributed by atoms with Crippen molar-refractivity contribution in [1.29, 1.82) is 0 Å². The average Bonchev–Trinajstić information content (AvgIpc) is 2.82. The van der Waals surface area contributed by atoms with Crippen molar-refractivity contribution in [3.8, 4) is 11.5 Å². The Morgan fingerprint density at radius 3 is 2.57 bits per heavy atom. The van der Waals surface area contributed by atoms with Crippen LogP contribution in [0.3, 0.4) is 0 Å². The molecule has 1 heterocycles. The number of hydrogen-bond donors (Lipinski definition) is 1. The molecule has 7 nitrogen and oxygen atoms in total. The molecular weight excluding hydrogens is 320 g/mol. The van der Waals surface area contributed by atoms with Crippen molar-refractivity contribution in [2.75, 3.05) is 33.1 Å².